The summed E-state index contributed by atoms with van der Waals surface area (Å²) in [6, 6.07) is 4.80. The summed E-state index contributed by atoms with van der Waals surface area (Å²) in [7, 11) is 0. The molecule has 0 aliphatic carbocycles. The molecule has 0 saturated heterocycles. The van der Waals surface area contributed by atoms with Crippen molar-refractivity contribution in [3.8, 4) is 5.75 Å². The summed E-state index contributed by atoms with van der Waals surface area (Å²) < 4.78 is 40.7. The lowest BCUT2D eigenvalue weighted by Crippen LogP contribution is -2.46. The first-order valence-corrected chi connectivity index (χ1v) is 6.96. The van der Waals surface area contributed by atoms with E-state index in [0.29, 0.717) is 5.69 Å². The highest BCUT2D eigenvalue weighted by molar-refractivity contribution is 5.97. The van der Waals surface area contributed by atoms with E-state index in [1.165, 1.54) is 31.2 Å². The molecule has 0 saturated carbocycles. The van der Waals surface area contributed by atoms with Crippen molar-refractivity contribution in [1.29, 1.82) is 0 Å². The molecule has 0 radical (unpaired) electrons. The van der Waals surface area contributed by atoms with Gasteiger partial charge >= 0.3 is 6.18 Å². The van der Waals surface area contributed by atoms with Crippen LogP contribution in [0.2, 0.25) is 0 Å². The van der Waals surface area contributed by atoms with E-state index < -0.39 is 24.7 Å². The molecule has 0 aromatic heterocycles. The summed E-state index contributed by atoms with van der Waals surface area (Å²) in [5, 5.41) is 5.14. The molecule has 23 heavy (non-hydrogen) atoms. The Morgan fingerprint density at radius 3 is 2.17 bits per heavy atom. The molecule has 2 N–H and O–H groups in total. The molecule has 1 atom stereocenters. The standard InChI is InChI=1S/C15H19F3N2O3/c1-9(2)13(19-10(3)21)14(22)20-11-4-6-12(7-5-11)23-8-15(16,17)18/h4-7,9,13H,8H2,1-3H3,(H,19,21)(H,20,22)/t13-/m0/s1. The van der Waals surface area contributed by atoms with Crippen LogP contribution in [0.5, 0.6) is 5.75 Å². The average molecular weight is 332 g/mol. The number of alkyl halides is 3. The van der Waals surface area contributed by atoms with Gasteiger partial charge in [0.2, 0.25) is 11.8 Å². The number of benzene rings is 1. The molecule has 1 aromatic carbocycles. The fourth-order valence-corrected chi connectivity index (χ4v) is 1.77. The van der Waals surface area contributed by atoms with Gasteiger partial charge in [-0.05, 0) is 30.2 Å². The lowest BCUT2D eigenvalue weighted by molar-refractivity contribution is -0.153. The van der Waals surface area contributed by atoms with E-state index in [1.54, 1.807) is 13.8 Å². The number of halogens is 3. The molecule has 0 heterocycles. The first-order valence-electron chi connectivity index (χ1n) is 6.96. The van der Waals surface area contributed by atoms with Crippen LogP contribution in [-0.4, -0.2) is 30.6 Å². The lowest BCUT2D eigenvalue weighted by Gasteiger charge is -2.21. The van der Waals surface area contributed by atoms with E-state index in [0.717, 1.165) is 0 Å². The van der Waals surface area contributed by atoms with Gasteiger partial charge in [0.05, 0.1) is 0 Å². The quantitative estimate of drug-likeness (QED) is 0.842. The lowest BCUT2D eigenvalue weighted by atomic mass is 10.0. The fourth-order valence-electron chi connectivity index (χ4n) is 1.77. The Hall–Kier alpha value is -2.25. The van der Waals surface area contributed by atoms with Crippen molar-refractivity contribution in [3.63, 3.8) is 0 Å². The molecule has 0 aliphatic heterocycles. The van der Waals surface area contributed by atoms with Crippen LogP contribution >= 0.6 is 0 Å². The van der Waals surface area contributed by atoms with Crippen molar-refractivity contribution in [2.24, 2.45) is 5.92 Å². The molecule has 0 fully saturated rings. The van der Waals surface area contributed by atoms with Crippen molar-refractivity contribution >= 4 is 17.5 Å². The van der Waals surface area contributed by atoms with Crippen molar-refractivity contribution in [2.45, 2.75) is 33.0 Å². The Balaban J connectivity index is 2.66. The molecule has 1 aromatic rings. The molecule has 0 bridgehead atoms. The summed E-state index contributed by atoms with van der Waals surface area (Å²) in [6.07, 6.45) is -4.41. The predicted octanol–water partition coefficient (Wildman–Crippen LogP) is 2.73. The summed E-state index contributed by atoms with van der Waals surface area (Å²) in [6.45, 7) is 3.51. The van der Waals surface area contributed by atoms with Gasteiger partial charge in [0, 0.05) is 12.6 Å². The van der Waals surface area contributed by atoms with Crippen molar-refractivity contribution < 1.29 is 27.5 Å². The predicted molar refractivity (Wildman–Crippen MR) is 79.1 cm³/mol. The SMILES string of the molecule is CC(=O)N[C@H](C(=O)Nc1ccc(OCC(F)(F)F)cc1)C(C)C. The third-order valence-corrected chi connectivity index (χ3v) is 2.83. The van der Waals surface area contributed by atoms with Gasteiger partial charge in [-0.15, -0.1) is 0 Å². The number of hydrogen-bond donors (Lipinski definition) is 2. The molecular formula is C15H19F3N2O3. The average Bonchev–Trinajstić information content (AvgIpc) is 2.42. The molecule has 8 heteroatoms. The number of carbonyl (C=O) groups excluding carboxylic acids is 2. The zero-order valence-corrected chi connectivity index (χ0v) is 13.0. The summed E-state index contributed by atoms with van der Waals surface area (Å²) in [5.74, 6) is -0.801. The molecule has 0 aliphatic rings. The molecular weight excluding hydrogens is 313 g/mol. The number of ether oxygens (including phenoxy) is 1. The number of nitrogens with one attached hydrogen (secondary N) is 2. The number of anilines is 1. The Morgan fingerprint density at radius 1 is 1.17 bits per heavy atom. The number of rotatable bonds is 6. The zero-order valence-electron chi connectivity index (χ0n) is 13.0. The second kappa shape index (κ2) is 7.85. The Bertz CT molecular complexity index is 542. The van der Waals surface area contributed by atoms with E-state index in [4.69, 9.17) is 0 Å². The van der Waals surface area contributed by atoms with Crippen molar-refractivity contribution in [3.05, 3.63) is 24.3 Å². The first kappa shape index (κ1) is 18.8. The van der Waals surface area contributed by atoms with Gasteiger partial charge in [-0.25, -0.2) is 0 Å². The molecule has 5 nitrogen and oxygen atoms in total. The summed E-state index contributed by atoms with van der Waals surface area (Å²) >= 11 is 0. The monoisotopic (exact) mass is 332 g/mol. The van der Waals surface area contributed by atoms with E-state index in [9.17, 15) is 22.8 Å². The van der Waals surface area contributed by atoms with E-state index in [2.05, 4.69) is 15.4 Å². The molecule has 2 amide bonds. The highest BCUT2D eigenvalue weighted by Crippen LogP contribution is 2.20. The van der Waals surface area contributed by atoms with Crippen LogP contribution in [0, 0.1) is 5.92 Å². The third kappa shape index (κ3) is 7.03. The number of hydrogen-bond acceptors (Lipinski definition) is 3. The Kier molecular flexibility index (Phi) is 6.41. The largest absolute Gasteiger partial charge is 0.484 e. The maximum absolute atomic E-state index is 12.1. The van der Waals surface area contributed by atoms with Gasteiger partial charge in [0.15, 0.2) is 6.61 Å². The molecule has 0 spiro atoms. The summed E-state index contributed by atoms with van der Waals surface area (Å²) in [5.41, 5.74) is 0.394. The fraction of sp³-hybridized carbons (Fsp3) is 0.467. The maximum Gasteiger partial charge on any atom is 0.422 e. The van der Waals surface area contributed by atoms with Crippen LogP contribution in [0.15, 0.2) is 24.3 Å². The van der Waals surface area contributed by atoms with Gasteiger partial charge in [-0.1, -0.05) is 13.8 Å². The van der Waals surface area contributed by atoms with E-state index in [-0.39, 0.29) is 17.6 Å². The Labute approximate surface area is 132 Å². The number of amides is 2. The second-order valence-corrected chi connectivity index (χ2v) is 5.34. The number of carbonyl (C=O) groups is 2. The van der Waals surface area contributed by atoms with E-state index in [1.807, 2.05) is 0 Å². The highest BCUT2D eigenvalue weighted by atomic mass is 19.4. The minimum atomic E-state index is -4.41. The summed E-state index contributed by atoms with van der Waals surface area (Å²) in [4.78, 5) is 23.2. The Morgan fingerprint density at radius 2 is 1.74 bits per heavy atom. The van der Waals surface area contributed by atoms with E-state index >= 15 is 0 Å². The van der Waals surface area contributed by atoms with Gasteiger partial charge in [0.1, 0.15) is 11.8 Å². The van der Waals surface area contributed by atoms with Gasteiger partial charge in [0.25, 0.3) is 0 Å². The highest BCUT2D eigenvalue weighted by Gasteiger charge is 2.28. The van der Waals surface area contributed by atoms with Gasteiger partial charge in [-0.3, -0.25) is 9.59 Å². The van der Waals surface area contributed by atoms with Crippen LogP contribution in [0.3, 0.4) is 0 Å². The topological polar surface area (TPSA) is 67.4 Å². The van der Waals surface area contributed by atoms with Crippen LogP contribution in [-0.2, 0) is 9.59 Å². The smallest absolute Gasteiger partial charge is 0.422 e. The zero-order chi connectivity index (χ0) is 17.6. The second-order valence-electron chi connectivity index (χ2n) is 5.34. The van der Waals surface area contributed by atoms with Gasteiger partial charge < -0.3 is 15.4 Å². The van der Waals surface area contributed by atoms with Crippen LogP contribution in [0.4, 0.5) is 18.9 Å². The van der Waals surface area contributed by atoms with Crippen LogP contribution in [0.1, 0.15) is 20.8 Å². The van der Waals surface area contributed by atoms with Gasteiger partial charge in [-0.2, -0.15) is 13.2 Å². The first-order chi connectivity index (χ1) is 10.6. The molecule has 1 rings (SSSR count). The van der Waals surface area contributed by atoms with Crippen molar-refractivity contribution in [1.82, 2.24) is 5.32 Å². The van der Waals surface area contributed by atoms with Crippen LogP contribution in [0.25, 0.3) is 0 Å². The molecule has 128 valence electrons. The van der Waals surface area contributed by atoms with Crippen molar-refractivity contribution in [2.75, 3.05) is 11.9 Å². The minimum Gasteiger partial charge on any atom is -0.484 e. The third-order valence-electron chi connectivity index (χ3n) is 2.83. The maximum atomic E-state index is 12.1. The normalized spacial score (nSPS) is 12.7. The van der Waals surface area contributed by atoms with Crippen LogP contribution < -0.4 is 15.4 Å². The molecule has 0 unspecified atom stereocenters. The minimum absolute atomic E-state index is 0.0441.